The van der Waals surface area contributed by atoms with E-state index in [9.17, 15) is 4.79 Å². The number of nitrogens with one attached hydrogen (secondary N) is 2. The lowest BCUT2D eigenvalue weighted by Gasteiger charge is -2.12. The van der Waals surface area contributed by atoms with Crippen molar-refractivity contribution in [3.8, 4) is 0 Å². The molecular formula is C11H22N2OS. The van der Waals surface area contributed by atoms with Gasteiger partial charge in [-0.3, -0.25) is 4.79 Å². The molecule has 2 N–H and O–H groups in total. The first-order valence-corrected chi connectivity index (χ1v) is 6.97. The Labute approximate surface area is 96.8 Å². The topological polar surface area (TPSA) is 41.1 Å². The van der Waals surface area contributed by atoms with Crippen molar-refractivity contribution >= 4 is 17.7 Å². The van der Waals surface area contributed by atoms with E-state index in [-0.39, 0.29) is 5.91 Å². The first kappa shape index (κ1) is 12.8. The van der Waals surface area contributed by atoms with Crippen molar-refractivity contribution in [2.24, 2.45) is 0 Å². The smallest absolute Gasteiger partial charge is 0.233 e. The highest BCUT2D eigenvalue weighted by Gasteiger charge is 2.41. The highest BCUT2D eigenvalue weighted by Crippen LogP contribution is 2.46. The third-order valence-electron chi connectivity index (χ3n) is 2.83. The molecule has 0 bridgehead atoms. The lowest BCUT2D eigenvalue weighted by molar-refractivity contribution is -0.120. The lowest BCUT2D eigenvalue weighted by atomic mass is 10.3. The average Bonchev–Trinajstić information content (AvgIpc) is 2.99. The van der Waals surface area contributed by atoms with Crippen LogP contribution in [0, 0.1) is 0 Å². The molecule has 0 atom stereocenters. The number of rotatable bonds is 8. The molecular weight excluding hydrogens is 208 g/mol. The zero-order valence-corrected chi connectivity index (χ0v) is 10.6. The van der Waals surface area contributed by atoms with E-state index in [1.165, 1.54) is 12.8 Å². The summed E-state index contributed by atoms with van der Waals surface area (Å²) in [6.45, 7) is 4.37. The standard InChI is InChI=1S/C11H22N2OS/c1-3-4-7-13-10(14)8-12-9-11(15-2)5-6-11/h12H,3-9H2,1-2H3,(H,13,14). The van der Waals surface area contributed by atoms with Gasteiger partial charge in [0.05, 0.1) is 6.54 Å². The van der Waals surface area contributed by atoms with Gasteiger partial charge in [0, 0.05) is 17.8 Å². The molecule has 88 valence electrons. The summed E-state index contributed by atoms with van der Waals surface area (Å²) in [5, 5.41) is 6.13. The molecule has 1 fully saturated rings. The van der Waals surface area contributed by atoms with E-state index in [2.05, 4.69) is 23.8 Å². The predicted octanol–water partition coefficient (Wildman–Crippen LogP) is 1.39. The fourth-order valence-electron chi connectivity index (χ4n) is 1.46. The van der Waals surface area contributed by atoms with E-state index in [0.29, 0.717) is 11.3 Å². The summed E-state index contributed by atoms with van der Waals surface area (Å²) in [4.78, 5) is 11.3. The van der Waals surface area contributed by atoms with Crippen LogP contribution < -0.4 is 10.6 Å². The number of hydrogen-bond donors (Lipinski definition) is 2. The Hall–Kier alpha value is -0.220. The third-order valence-corrected chi connectivity index (χ3v) is 4.24. The molecule has 1 aliphatic carbocycles. The summed E-state index contributed by atoms with van der Waals surface area (Å²) in [5.41, 5.74) is 0. The minimum Gasteiger partial charge on any atom is -0.355 e. The van der Waals surface area contributed by atoms with Gasteiger partial charge in [-0.15, -0.1) is 0 Å². The monoisotopic (exact) mass is 230 g/mol. The van der Waals surface area contributed by atoms with Crippen molar-refractivity contribution in [3.63, 3.8) is 0 Å². The molecule has 0 aromatic carbocycles. The second kappa shape index (κ2) is 6.38. The maximum absolute atomic E-state index is 11.3. The largest absolute Gasteiger partial charge is 0.355 e. The number of unbranched alkanes of at least 4 members (excludes halogenated alkanes) is 1. The Balaban J connectivity index is 1.97. The van der Waals surface area contributed by atoms with Crippen molar-refractivity contribution < 1.29 is 4.79 Å². The van der Waals surface area contributed by atoms with Gasteiger partial charge in [0.15, 0.2) is 0 Å². The van der Waals surface area contributed by atoms with Crippen molar-refractivity contribution in [3.05, 3.63) is 0 Å². The van der Waals surface area contributed by atoms with Crippen LogP contribution in [0.3, 0.4) is 0 Å². The van der Waals surface area contributed by atoms with Crippen LogP contribution in [-0.4, -0.2) is 36.5 Å². The second-order valence-electron chi connectivity index (χ2n) is 4.19. The fraction of sp³-hybridized carbons (Fsp3) is 0.909. The highest BCUT2D eigenvalue weighted by molar-refractivity contribution is 8.00. The Morgan fingerprint density at radius 2 is 2.20 bits per heavy atom. The van der Waals surface area contributed by atoms with Gasteiger partial charge in [0.2, 0.25) is 5.91 Å². The van der Waals surface area contributed by atoms with E-state index in [1.54, 1.807) is 0 Å². The van der Waals surface area contributed by atoms with Crippen molar-refractivity contribution in [2.45, 2.75) is 37.4 Å². The van der Waals surface area contributed by atoms with Crippen LogP contribution in [-0.2, 0) is 4.79 Å². The van der Waals surface area contributed by atoms with Crippen LogP contribution in [0.5, 0.6) is 0 Å². The van der Waals surface area contributed by atoms with Gasteiger partial charge in [-0.2, -0.15) is 11.8 Å². The molecule has 0 radical (unpaired) electrons. The summed E-state index contributed by atoms with van der Waals surface area (Å²) >= 11 is 1.92. The summed E-state index contributed by atoms with van der Waals surface area (Å²) in [6.07, 6.45) is 6.93. The van der Waals surface area contributed by atoms with Crippen molar-refractivity contribution in [2.75, 3.05) is 25.9 Å². The third kappa shape index (κ3) is 4.89. The molecule has 15 heavy (non-hydrogen) atoms. The van der Waals surface area contributed by atoms with Gasteiger partial charge in [-0.25, -0.2) is 0 Å². The SMILES string of the molecule is CCCCNC(=O)CNCC1(SC)CC1. The van der Waals surface area contributed by atoms with E-state index >= 15 is 0 Å². The molecule has 1 saturated carbocycles. The summed E-state index contributed by atoms with van der Waals surface area (Å²) in [5.74, 6) is 0.125. The van der Waals surface area contributed by atoms with Crippen LogP contribution in [0.15, 0.2) is 0 Å². The van der Waals surface area contributed by atoms with Crippen LogP contribution in [0.4, 0.5) is 0 Å². The molecule has 1 aliphatic rings. The van der Waals surface area contributed by atoms with Gasteiger partial charge in [-0.1, -0.05) is 13.3 Å². The number of carbonyl (C=O) groups excluding carboxylic acids is 1. The fourth-order valence-corrected chi connectivity index (χ4v) is 2.22. The Bertz CT molecular complexity index is 205. The Morgan fingerprint density at radius 3 is 2.73 bits per heavy atom. The van der Waals surface area contributed by atoms with Gasteiger partial charge in [0.25, 0.3) is 0 Å². The number of amides is 1. The first-order valence-electron chi connectivity index (χ1n) is 5.75. The first-order chi connectivity index (χ1) is 7.22. The minimum atomic E-state index is 0.125. The molecule has 0 unspecified atom stereocenters. The Morgan fingerprint density at radius 1 is 1.47 bits per heavy atom. The second-order valence-corrected chi connectivity index (χ2v) is 5.47. The van der Waals surface area contributed by atoms with Crippen LogP contribution >= 0.6 is 11.8 Å². The molecule has 0 aliphatic heterocycles. The van der Waals surface area contributed by atoms with E-state index in [4.69, 9.17) is 0 Å². The molecule has 0 heterocycles. The van der Waals surface area contributed by atoms with Gasteiger partial charge >= 0.3 is 0 Å². The number of hydrogen-bond acceptors (Lipinski definition) is 3. The number of carbonyl (C=O) groups is 1. The predicted molar refractivity (Wildman–Crippen MR) is 66.3 cm³/mol. The maximum Gasteiger partial charge on any atom is 0.233 e. The van der Waals surface area contributed by atoms with E-state index < -0.39 is 0 Å². The van der Waals surface area contributed by atoms with Crippen molar-refractivity contribution in [1.82, 2.24) is 10.6 Å². The molecule has 1 amide bonds. The molecule has 0 spiro atoms. The summed E-state index contributed by atoms with van der Waals surface area (Å²) in [6, 6.07) is 0. The molecule has 4 heteroatoms. The average molecular weight is 230 g/mol. The van der Waals surface area contributed by atoms with E-state index in [1.807, 2.05) is 11.8 Å². The maximum atomic E-state index is 11.3. The van der Waals surface area contributed by atoms with Crippen LogP contribution in [0.1, 0.15) is 32.6 Å². The van der Waals surface area contributed by atoms with Gasteiger partial charge in [0.1, 0.15) is 0 Å². The lowest BCUT2D eigenvalue weighted by Crippen LogP contribution is -2.37. The van der Waals surface area contributed by atoms with E-state index in [0.717, 1.165) is 25.9 Å². The van der Waals surface area contributed by atoms with Gasteiger partial charge in [-0.05, 0) is 25.5 Å². The minimum absolute atomic E-state index is 0.125. The summed E-state index contributed by atoms with van der Waals surface area (Å²) < 4.78 is 0.448. The quantitative estimate of drug-likeness (QED) is 0.619. The van der Waals surface area contributed by atoms with Gasteiger partial charge < -0.3 is 10.6 Å². The van der Waals surface area contributed by atoms with Crippen LogP contribution in [0.2, 0.25) is 0 Å². The normalized spacial score (nSPS) is 17.5. The molecule has 0 aromatic rings. The molecule has 3 nitrogen and oxygen atoms in total. The number of thioether (sulfide) groups is 1. The summed E-state index contributed by atoms with van der Waals surface area (Å²) in [7, 11) is 0. The highest BCUT2D eigenvalue weighted by atomic mass is 32.2. The van der Waals surface area contributed by atoms with Crippen molar-refractivity contribution in [1.29, 1.82) is 0 Å². The van der Waals surface area contributed by atoms with Crippen LogP contribution in [0.25, 0.3) is 0 Å². The molecule has 0 saturated heterocycles. The zero-order valence-electron chi connectivity index (χ0n) is 9.77. The molecule has 1 rings (SSSR count). The zero-order chi connectivity index (χ0) is 11.1. The molecule has 0 aromatic heterocycles. The Kier molecular flexibility index (Phi) is 5.47.